The van der Waals surface area contributed by atoms with Crippen LogP contribution in [0.15, 0.2) is 72.1 Å². The maximum Gasteiger partial charge on any atom is 0.297 e. The van der Waals surface area contributed by atoms with E-state index in [0.29, 0.717) is 29.9 Å². The molecule has 3 rings (SSSR count). The van der Waals surface area contributed by atoms with Crippen molar-refractivity contribution in [2.45, 2.75) is 19.4 Å². The van der Waals surface area contributed by atoms with Crippen LogP contribution in [-0.4, -0.2) is 33.3 Å². The number of nitrogens with zero attached hydrogens (tertiary/aromatic N) is 4. The lowest BCUT2D eigenvalue weighted by molar-refractivity contribution is -0.432. The normalized spacial score (nSPS) is 16.8. The van der Waals surface area contributed by atoms with E-state index in [9.17, 15) is 10.1 Å². The standard InChI is InChI=1S/C20H22ClN5O2/c1-3-25(13-14-9-10-17(21)23-12-14)20-19(26(27)28)16(11-18(22)24(20)2)15-7-5-4-6-8-15/h4-12,16H,3,13,22H2,1-2H3. The molecule has 0 aliphatic carbocycles. The van der Waals surface area contributed by atoms with Crippen molar-refractivity contribution in [3.8, 4) is 0 Å². The van der Waals surface area contributed by atoms with Gasteiger partial charge in [0.2, 0.25) is 0 Å². The number of halogens is 1. The third kappa shape index (κ3) is 3.94. The SMILES string of the molecule is CCN(Cc1ccc(Cl)nc1)C1=C([N+](=O)[O-])C(c2ccccc2)C=C(N)N1C. The van der Waals surface area contributed by atoms with Crippen molar-refractivity contribution >= 4 is 11.6 Å². The zero-order valence-corrected chi connectivity index (χ0v) is 16.5. The third-order valence-corrected chi connectivity index (χ3v) is 4.99. The Kier molecular flexibility index (Phi) is 5.84. The van der Waals surface area contributed by atoms with Crippen molar-refractivity contribution in [1.82, 2.24) is 14.8 Å². The molecule has 2 heterocycles. The molecule has 0 saturated heterocycles. The van der Waals surface area contributed by atoms with Gasteiger partial charge in [-0.2, -0.15) is 0 Å². The van der Waals surface area contributed by atoms with Crippen LogP contribution in [0.4, 0.5) is 0 Å². The second-order valence-corrected chi connectivity index (χ2v) is 6.90. The van der Waals surface area contributed by atoms with Gasteiger partial charge in [0.05, 0.1) is 4.92 Å². The third-order valence-electron chi connectivity index (χ3n) is 4.76. The summed E-state index contributed by atoms with van der Waals surface area (Å²) >= 11 is 5.87. The highest BCUT2D eigenvalue weighted by molar-refractivity contribution is 6.29. The first-order valence-corrected chi connectivity index (χ1v) is 9.30. The average Bonchev–Trinajstić information content (AvgIpc) is 2.70. The number of nitro groups is 1. The van der Waals surface area contributed by atoms with Crippen LogP contribution in [0.5, 0.6) is 0 Å². The Balaban J connectivity index is 2.08. The molecule has 0 saturated carbocycles. The second kappa shape index (κ2) is 8.31. The molecule has 1 aliphatic rings. The van der Waals surface area contributed by atoms with E-state index in [2.05, 4.69) is 4.98 Å². The van der Waals surface area contributed by atoms with E-state index < -0.39 is 5.92 Å². The summed E-state index contributed by atoms with van der Waals surface area (Å²) in [6.07, 6.45) is 3.41. The van der Waals surface area contributed by atoms with Crippen LogP contribution < -0.4 is 5.73 Å². The molecule has 1 atom stereocenters. The number of pyridine rings is 1. The molecule has 0 fully saturated rings. The Hall–Kier alpha value is -3.06. The number of rotatable bonds is 6. The van der Waals surface area contributed by atoms with Gasteiger partial charge in [-0.25, -0.2) is 4.98 Å². The fourth-order valence-electron chi connectivity index (χ4n) is 3.34. The van der Waals surface area contributed by atoms with Crippen LogP contribution >= 0.6 is 11.6 Å². The topological polar surface area (TPSA) is 88.5 Å². The molecule has 0 radical (unpaired) electrons. The summed E-state index contributed by atoms with van der Waals surface area (Å²) in [5.74, 6) is 0.429. The van der Waals surface area contributed by atoms with Gasteiger partial charge in [0.1, 0.15) is 16.9 Å². The minimum atomic E-state index is -0.528. The second-order valence-electron chi connectivity index (χ2n) is 6.51. The minimum absolute atomic E-state index is 0.103. The average molecular weight is 400 g/mol. The lowest BCUT2D eigenvalue weighted by Crippen LogP contribution is -2.40. The lowest BCUT2D eigenvalue weighted by Gasteiger charge is -2.36. The predicted octanol–water partition coefficient (Wildman–Crippen LogP) is 3.53. The van der Waals surface area contributed by atoms with Crippen LogP contribution in [0.25, 0.3) is 0 Å². The molecule has 8 heteroatoms. The Morgan fingerprint density at radius 3 is 2.57 bits per heavy atom. The van der Waals surface area contributed by atoms with Crippen molar-refractivity contribution in [2.75, 3.05) is 13.6 Å². The van der Waals surface area contributed by atoms with E-state index in [0.717, 1.165) is 11.1 Å². The van der Waals surface area contributed by atoms with Gasteiger partial charge in [0.25, 0.3) is 5.70 Å². The van der Waals surface area contributed by atoms with Crippen LogP contribution in [0.3, 0.4) is 0 Å². The van der Waals surface area contributed by atoms with Crippen LogP contribution in [-0.2, 0) is 6.54 Å². The van der Waals surface area contributed by atoms with Gasteiger partial charge in [0.15, 0.2) is 5.82 Å². The number of allylic oxidation sites excluding steroid dienone is 1. The molecular formula is C20H22ClN5O2. The van der Waals surface area contributed by atoms with E-state index >= 15 is 0 Å². The number of aromatic nitrogens is 1. The number of hydrogen-bond donors (Lipinski definition) is 1. The van der Waals surface area contributed by atoms with Crippen molar-refractivity contribution in [3.63, 3.8) is 0 Å². The Labute approximate surface area is 168 Å². The van der Waals surface area contributed by atoms with Gasteiger partial charge in [0, 0.05) is 26.3 Å². The molecular weight excluding hydrogens is 378 g/mol. The molecule has 0 bridgehead atoms. The monoisotopic (exact) mass is 399 g/mol. The van der Waals surface area contributed by atoms with Gasteiger partial charge in [-0.1, -0.05) is 48.0 Å². The molecule has 2 aromatic rings. The summed E-state index contributed by atoms with van der Waals surface area (Å²) in [5, 5.41) is 12.5. The van der Waals surface area contributed by atoms with E-state index in [1.54, 1.807) is 30.3 Å². The van der Waals surface area contributed by atoms with Gasteiger partial charge < -0.3 is 15.5 Å². The van der Waals surface area contributed by atoms with Gasteiger partial charge in [-0.3, -0.25) is 10.1 Å². The van der Waals surface area contributed by atoms with Crippen molar-refractivity contribution in [3.05, 3.63) is 98.5 Å². The van der Waals surface area contributed by atoms with Crippen LogP contribution in [0, 0.1) is 10.1 Å². The largest absolute Gasteiger partial charge is 0.385 e. The first-order chi connectivity index (χ1) is 13.4. The Bertz CT molecular complexity index is 912. The van der Waals surface area contributed by atoms with Crippen LogP contribution in [0.1, 0.15) is 24.0 Å². The molecule has 1 unspecified atom stereocenters. The summed E-state index contributed by atoms with van der Waals surface area (Å²) in [4.78, 5) is 19.5. The highest BCUT2D eigenvalue weighted by Crippen LogP contribution is 2.36. The smallest absolute Gasteiger partial charge is 0.297 e. The van der Waals surface area contributed by atoms with Crippen molar-refractivity contribution in [2.24, 2.45) is 5.73 Å². The summed E-state index contributed by atoms with van der Waals surface area (Å²) in [6, 6.07) is 12.9. The van der Waals surface area contributed by atoms with Crippen LogP contribution in [0.2, 0.25) is 5.15 Å². The van der Waals surface area contributed by atoms with E-state index in [1.807, 2.05) is 48.2 Å². The molecule has 146 valence electrons. The van der Waals surface area contributed by atoms with E-state index in [-0.39, 0.29) is 10.6 Å². The summed E-state index contributed by atoms with van der Waals surface area (Å²) in [5.41, 5.74) is 8.07. The van der Waals surface area contributed by atoms with Gasteiger partial charge >= 0.3 is 0 Å². The number of nitrogens with two attached hydrogens (primary N) is 1. The van der Waals surface area contributed by atoms with E-state index in [1.165, 1.54) is 0 Å². The van der Waals surface area contributed by atoms with Gasteiger partial charge in [-0.15, -0.1) is 0 Å². The molecule has 1 aliphatic heterocycles. The molecule has 0 spiro atoms. The molecule has 1 aromatic carbocycles. The van der Waals surface area contributed by atoms with E-state index in [4.69, 9.17) is 17.3 Å². The summed E-state index contributed by atoms with van der Waals surface area (Å²) in [6.45, 7) is 2.97. The zero-order chi connectivity index (χ0) is 20.3. The van der Waals surface area contributed by atoms with Crippen molar-refractivity contribution in [1.29, 1.82) is 0 Å². The first kappa shape index (κ1) is 19.7. The maximum atomic E-state index is 12.1. The molecule has 2 N–H and O–H groups in total. The Morgan fingerprint density at radius 1 is 1.29 bits per heavy atom. The fraction of sp³-hybridized carbons (Fsp3) is 0.250. The predicted molar refractivity (Wildman–Crippen MR) is 109 cm³/mol. The molecule has 1 aromatic heterocycles. The lowest BCUT2D eigenvalue weighted by atomic mass is 9.92. The summed E-state index contributed by atoms with van der Waals surface area (Å²) in [7, 11) is 1.74. The Morgan fingerprint density at radius 2 is 2.00 bits per heavy atom. The zero-order valence-electron chi connectivity index (χ0n) is 15.7. The highest BCUT2D eigenvalue weighted by atomic mass is 35.5. The quantitative estimate of drug-likeness (QED) is 0.454. The minimum Gasteiger partial charge on any atom is -0.385 e. The molecule has 0 amide bonds. The molecule has 28 heavy (non-hydrogen) atoms. The number of benzene rings is 1. The number of hydrogen-bond acceptors (Lipinski definition) is 6. The van der Waals surface area contributed by atoms with Gasteiger partial charge in [-0.05, 0) is 30.2 Å². The maximum absolute atomic E-state index is 12.1. The fourth-order valence-corrected chi connectivity index (χ4v) is 3.45. The van der Waals surface area contributed by atoms with Crippen molar-refractivity contribution < 1.29 is 4.92 Å². The highest BCUT2D eigenvalue weighted by Gasteiger charge is 2.38. The molecule has 7 nitrogen and oxygen atoms in total. The first-order valence-electron chi connectivity index (χ1n) is 8.92. The summed E-state index contributed by atoms with van der Waals surface area (Å²) < 4.78 is 0.